The molecule has 3 aromatic rings. The summed E-state index contributed by atoms with van der Waals surface area (Å²) in [6.45, 7) is 0.439. The molecule has 120 valence electrons. The lowest BCUT2D eigenvalue weighted by Gasteiger charge is -2.12. The summed E-state index contributed by atoms with van der Waals surface area (Å²) in [7, 11) is 0. The summed E-state index contributed by atoms with van der Waals surface area (Å²) in [5.74, 6) is 1.53. The zero-order valence-electron chi connectivity index (χ0n) is 13.3. The Morgan fingerprint density at radius 2 is 1.42 bits per heavy atom. The highest BCUT2D eigenvalue weighted by atomic mass is 16.5. The molecular formula is C21H19NO2. The molecule has 0 atom stereocenters. The zero-order valence-corrected chi connectivity index (χ0v) is 13.3. The van der Waals surface area contributed by atoms with Crippen molar-refractivity contribution in [1.29, 1.82) is 0 Å². The Morgan fingerprint density at radius 1 is 0.792 bits per heavy atom. The molecule has 1 amide bonds. The molecule has 0 radical (unpaired) electrons. The molecule has 3 aromatic carbocycles. The molecule has 0 saturated carbocycles. The van der Waals surface area contributed by atoms with Crippen molar-refractivity contribution in [2.24, 2.45) is 0 Å². The van der Waals surface area contributed by atoms with Crippen molar-refractivity contribution in [3.63, 3.8) is 0 Å². The Balaban J connectivity index is 1.62. The van der Waals surface area contributed by atoms with E-state index in [9.17, 15) is 4.79 Å². The number of amides is 1. The third kappa shape index (κ3) is 4.46. The maximum atomic E-state index is 12.1. The van der Waals surface area contributed by atoms with Gasteiger partial charge in [-0.2, -0.15) is 0 Å². The standard InChI is InChI=1S/C21H19NO2/c23-21(15-17-9-3-1-4-10-17)22-16-18-11-7-8-14-20(18)24-19-12-5-2-6-13-19/h1-14H,15-16H2,(H,22,23). The van der Waals surface area contributed by atoms with Crippen LogP contribution in [-0.4, -0.2) is 5.91 Å². The van der Waals surface area contributed by atoms with Crippen molar-refractivity contribution < 1.29 is 9.53 Å². The van der Waals surface area contributed by atoms with Gasteiger partial charge in [0.1, 0.15) is 11.5 Å². The molecule has 1 N–H and O–H groups in total. The van der Waals surface area contributed by atoms with Crippen LogP contribution < -0.4 is 10.1 Å². The molecule has 3 rings (SSSR count). The van der Waals surface area contributed by atoms with E-state index >= 15 is 0 Å². The second-order valence-electron chi connectivity index (χ2n) is 5.46. The van der Waals surface area contributed by atoms with Crippen molar-refractivity contribution in [2.45, 2.75) is 13.0 Å². The van der Waals surface area contributed by atoms with E-state index < -0.39 is 0 Å². The fourth-order valence-corrected chi connectivity index (χ4v) is 2.40. The van der Waals surface area contributed by atoms with Gasteiger partial charge in [0.2, 0.25) is 5.91 Å². The topological polar surface area (TPSA) is 38.3 Å². The van der Waals surface area contributed by atoms with Gasteiger partial charge >= 0.3 is 0 Å². The summed E-state index contributed by atoms with van der Waals surface area (Å²) in [5.41, 5.74) is 1.95. The number of para-hydroxylation sites is 2. The number of ether oxygens (including phenoxy) is 1. The molecule has 0 aliphatic heterocycles. The van der Waals surface area contributed by atoms with Gasteiger partial charge < -0.3 is 10.1 Å². The molecule has 0 heterocycles. The van der Waals surface area contributed by atoms with E-state index in [4.69, 9.17) is 4.74 Å². The van der Waals surface area contributed by atoms with E-state index in [1.165, 1.54) is 0 Å². The van der Waals surface area contributed by atoms with Gasteiger partial charge in [0, 0.05) is 12.1 Å². The van der Waals surface area contributed by atoms with Crippen molar-refractivity contribution in [3.05, 3.63) is 96.1 Å². The van der Waals surface area contributed by atoms with Crippen LogP contribution in [0.2, 0.25) is 0 Å². The smallest absolute Gasteiger partial charge is 0.224 e. The highest BCUT2D eigenvalue weighted by Crippen LogP contribution is 2.24. The molecule has 0 aromatic heterocycles. The molecule has 0 saturated heterocycles. The normalized spacial score (nSPS) is 10.2. The van der Waals surface area contributed by atoms with E-state index in [1.807, 2.05) is 84.9 Å². The van der Waals surface area contributed by atoms with Gasteiger partial charge in [0.15, 0.2) is 0 Å². The molecule has 0 bridgehead atoms. The summed E-state index contributed by atoms with van der Waals surface area (Å²) in [5, 5.41) is 2.95. The molecule has 0 aliphatic carbocycles. The maximum absolute atomic E-state index is 12.1. The van der Waals surface area contributed by atoms with Crippen molar-refractivity contribution >= 4 is 5.91 Å². The van der Waals surface area contributed by atoms with Crippen LogP contribution in [0.1, 0.15) is 11.1 Å². The first-order valence-corrected chi connectivity index (χ1v) is 7.93. The lowest BCUT2D eigenvalue weighted by atomic mass is 10.1. The summed E-state index contributed by atoms with van der Waals surface area (Å²) < 4.78 is 5.91. The second kappa shape index (κ2) is 7.97. The molecule has 0 unspecified atom stereocenters. The predicted octanol–water partition coefficient (Wildman–Crippen LogP) is 4.34. The fourth-order valence-electron chi connectivity index (χ4n) is 2.40. The van der Waals surface area contributed by atoms with E-state index in [2.05, 4.69) is 5.32 Å². The van der Waals surface area contributed by atoms with Crippen LogP contribution in [0.4, 0.5) is 0 Å². The van der Waals surface area contributed by atoms with E-state index in [0.29, 0.717) is 13.0 Å². The van der Waals surface area contributed by atoms with Crippen LogP contribution in [0.3, 0.4) is 0 Å². The minimum atomic E-state index is -0.00397. The third-order valence-electron chi connectivity index (χ3n) is 3.63. The first kappa shape index (κ1) is 15.8. The number of hydrogen-bond donors (Lipinski definition) is 1. The van der Waals surface area contributed by atoms with Gasteiger partial charge in [0.05, 0.1) is 6.42 Å². The summed E-state index contributed by atoms with van der Waals surface area (Å²) in [4.78, 5) is 12.1. The Morgan fingerprint density at radius 3 is 2.17 bits per heavy atom. The maximum Gasteiger partial charge on any atom is 0.224 e. The van der Waals surface area contributed by atoms with Gasteiger partial charge in [-0.05, 0) is 23.8 Å². The van der Waals surface area contributed by atoms with E-state index in [-0.39, 0.29) is 5.91 Å². The number of rotatable bonds is 6. The summed E-state index contributed by atoms with van der Waals surface area (Å²) in [6, 6.07) is 27.1. The Hall–Kier alpha value is -3.07. The number of hydrogen-bond acceptors (Lipinski definition) is 2. The average Bonchev–Trinajstić information content (AvgIpc) is 2.63. The van der Waals surface area contributed by atoms with Crippen molar-refractivity contribution in [1.82, 2.24) is 5.32 Å². The summed E-state index contributed by atoms with van der Waals surface area (Å²) >= 11 is 0. The Bertz CT molecular complexity index is 785. The van der Waals surface area contributed by atoms with Crippen molar-refractivity contribution in [2.75, 3.05) is 0 Å². The largest absolute Gasteiger partial charge is 0.457 e. The zero-order chi connectivity index (χ0) is 16.6. The number of carbonyl (C=O) groups is 1. The predicted molar refractivity (Wildman–Crippen MR) is 95.0 cm³/mol. The van der Waals surface area contributed by atoms with Crippen LogP contribution in [0.25, 0.3) is 0 Å². The van der Waals surface area contributed by atoms with Gasteiger partial charge in [-0.25, -0.2) is 0 Å². The first-order chi connectivity index (χ1) is 11.8. The van der Waals surface area contributed by atoms with E-state index in [0.717, 1.165) is 22.6 Å². The number of nitrogens with one attached hydrogen (secondary N) is 1. The second-order valence-corrected chi connectivity index (χ2v) is 5.46. The van der Waals surface area contributed by atoms with Crippen molar-refractivity contribution in [3.8, 4) is 11.5 Å². The lowest BCUT2D eigenvalue weighted by Crippen LogP contribution is -2.24. The van der Waals surface area contributed by atoms with Gasteiger partial charge in [0.25, 0.3) is 0 Å². The highest BCUT2D eigenvalue weighted by molar-refractivity contribution is 5.78. The number of carbonyl (C=O) groups excluding carboxylic acids is 1. The van der Waals surface area contributed by atoms with Crippen LogP contribution in [-0.2, 0) is 17.8 Å². The lowest BCUT2D eigenvalue weighted by molar-refractivity contribution is -0.120. The minimum absolute atomic E-state index is 0.00397. The van der Waals surface area contributed by atoms with Crippen LogP contribution in [0.5, 0.6) is 11.5 Å². The van der Waals surface area contributed by atoms with Crippen LogP contribution in [0, 0.1) is 0 Å². The first-order valence-electron chi connectivity index (χ1n) is 7.93. The quantitative estimate of drug-likeness (QED) is 0.734. The molecule has 3 heteroatoms. The SMILES string of the molecule is O=C(Cc1ccccc1)NCc1ccccc1Oc1ccccc1. The average molecular weight is 317 g/mol. The van der Waals surface area contributed by atoms with Crippen LogP contribution in [0.15, 0.2) is 84.9 Å². The molecule has 3 nitrogen and oxygen atoms in total. The molecule has 24 heavy (non-hydrogen) atoms. The minimum Gasteiger partial charge on any atom is -0.457 e. The van der Waals surface area contributed by atoms with E-state index in [1.54, 1.807) is 0 Å². The number of benzene rings is 3. The molecular weight excluding hydrogens is 298 g/mol. The molecule has 0 spiro atoms. The third-order valence-corrected chi connectivity index (χ3v) is 3.63. The van der Waals surface area contributed by atoms with Gasteiger partial charge in [-0.1, -0.05) is 66.7 Å². The summed E-state index contributed by atoms with van der Waals surface area (Å²) in [6.07, 6.45) is 0.378. The Labute approximate surface area is 141 Å². The van der Waals surface area contributed by atoms with Crippen LogP contribution >= 0.6 is 0 Å². The monoisotopic (exact) mass is 317 g/mol. The highest BCUT2D eigenvalue weighted by Gasteiger charge is 2.07. The van der Waals surface area contributed by atoms with Gasteiger partial charge in [-0.15, -0.1) is 0 Å². The fraction of sp³-hybridized carbons (Fsp3) is 0.0952. The molecule has 0 fully saturated rings. The van der Waals surface area contributed by atoms with Gasteiger partial charge in [-0.3, -0.25) is 4.79 Å². The Kier molecular flexibility index (Phi) is 5.25. The molecule has 0 aliphatic rings.